The zero-order chi connectivity index (χ0) is 13.2. The van der Waals surface area contributed by atoms with Crippen molar-refractivity contribution in [3.05, 3.63) is 23.8 Å². The molecule has 96 valence electrons. The van der Waals surface area contributed by atoms with Gasteiger partial charge >= 0.3 is 0 Å². The fourth-order valence-electron chi connectivity index (χ4n) is 1.93. The van der Waals surface area contributed by atoms with Gasteiger partial charge in [-0.15, -0.1) is 0 Å². The molecule has 0 spiro atoms. The van der Waals surface area contributed by atoms with E-state index < -0.39 is 5.54 Å². The maximum Gasteiger partial charge on any atom is 0.258 e. The fraction of sp³-hybridized carbons (Fsp3) is 0.500. The van der Waals surface area contributed by atoms with Gasteiger partial charge in [0.25, 0.3) is 5.91 Å². The highest BCUT2D eigenvalue weighted by molar-refractivity contribution is 6.09. The lowest BCUT2D eigenvalue weighted by Crippen LogP contribution is -2.42. The number of carbonyl (C=O) groups excluding carboxylic acids is 1. The summed E-state index contributed by atoms with van der Waals surface area (Å²) in [6.07, 6.45) is 4.13. The van der Waals surface area contributed by atoms with E-state index in [0.717, 1.165) is 12.1 Å². The lowest BCUT2D eigenvalue weighted by atomic mass is 9.96. The maximum absolute atomic E-state index is 12.1. The zero-order valence-electron chi connectivity index (χ0n) is 10.8. The van der Waals surface area contributed by atoms with Gasteiger partial charge in [0.1, 0.15) is 0 Å². The van der Waals surface area contributed by atoms with Crippen LogP contribution in [0.4, 0.5) is 0 Å². The van der Waals surface area contributed by atoms with E-state index in [9.17, 15) is 4.79 Å². The zero-order valence-corrected chi connectivity index (χ0v) is 10.8. The molecule has 2 rings (SSSR count). The molecule has 2 N–H and O–H groups in total. The number of amides is 1. The minimum absolute atomic E-state index is 0.152. The highest BCUT2D eigenvalue weighted by atomic mass is 16.2. The van der Waals surface area contributed by atoms with Crippen LogP contribution in [-0.2, 0) is 10.3 Å². The van der Waals surface area contributed by atoms with Crippen LogP contribution in [0.1, 0.15) is 31.7 Å². The van der Waals surface area contributed by atoms with Crippen LogP contribution in [0.15, 0.2) is 17.4 Å². The van der Waals surface area contributed by atoms with Crippen LogP contribution in [0.5, 0.6) is 0 Å². The molecule has 1 atom stereocenters. The summed E-state index contributed by atoms with van der Waals surface area (Å²) >= 11 is 0. The van der Waals surface area contributed by atoms with Crippen LogP contribution in [0, 0.1) is 6.92 Å². The molecule has 1 aromatic rings. The summed E-state index contributed by atoms with van der Waals surface area (Å²) in [6, 6.07) is 0. The third kappa shape index (κ3) is 2.05. The van der Waals surface area contributed by atoms with Crippen molar-refractivity contribution in [3.8, 4) is 0 Å². The number of carbonyl (C=O) groups is 1. The van der Waals surface area contributed by atoms with Gasteiger partial charge < -0.3 is 5.32 Å². The van der Waals surface area contributed by atoms with E-state index in [1.165, 1.54) is 0 Å². The number of aryl methyl sites for hydroxylation is 1. The van der Waals surface area contributed by atoms with Crippen molar-refractivity contribution >= 4 is 11.9 Å². The van der Waals surface area contributed by atoms with Crippen molar-refractivity contribution in [1.29, 1.82) is 0 Å². The van der Waals surface area contributed by atoms with Crippen LogP contribution in [-0.4, -0.2) is 28.4 Å². The van der Waals surface area contributed by atoms with Gasteiger partial charge in [0.2, 0.25) is 0 Å². The smallest absolute Gasteiger partial charge is 0.258 e. The Bertz CT molecular complexity index is 499. The van der Waals surface area contributed by atoms with Gasteiger partial charge in [-0.2, -0.15) is 0 Å². The molecule has 0 radical (unpaired) electrons. The second-order valence-corrected chi connectivity index (χ2v) is 4.42. The Balaban J connectivity index is 2.33. The highest BCUT2D eigenvalue weighted by Crippen LogP contribution is 2.23. The van der Waals surface area contributed by atoms with Gasteiger partial charge in [-0.1, -0.05) is 6.92 Å². The summed E-state index contributed by atoms with van der Waals surface area (Å²) in [4.78, 5) is 24.8. The first kappa shape index (κ1) is 12.5. The molecule has 1 amide bonds. The minimum atomic E-state index is -0.898. The molecule has 1 aromatic heterocycles. The number of aliphatic imine (C=N–C) groups is 1. The Kier molecular flexibility index (Phi) is 3.27. The average molecular weight is 247 g/mol. The molecule has 1 unspecified atom stereocenters. The van der Waals surface area contributed by atoms with Crippen molar-refractivity contribution in [1.82, 2.24) is 20.6 Å². The minimum Gasteiger partial charge on any atom is -0.337 e. The molecule has 2 heterocycles. The summed E-state index contributed by atoms with van der Waals surface area (Å²) < 4.78 is 0. The normalized spacial score (nSPS) is 25.1. The third-order valence-corrected chi connectivity index (χ3v) is 2.90. The second kappa shape index (κ2) is 4.72. The molecule has 18 heavy (non-hydrogen) atoms. The van der Waals surface area contributed by atoms with Crippen molar-refractivity contribution in [2.24, 2.45) is 4.99 Å². The van der Waals surface area contributed by atoms with Gasteiger partial charge in [-0.3, -0.25) is 25.1 Å². The predicted molar refractivity (Wildman–Crippen MR) is 68.0 cm³/mol. The Morgan fingerprint density at radius 3 is 2.78 bits per heavy atom. The molecule has 1 saturated heterocycles. The first-order valence-corrected chi connectivity index (χ1v) is 6.00. The first-order chi connectivity index (χ1) is 8.58. The largest absolute Gasteiger partial charge is 0.337 e. The van der Waals surface area contributed by atoms with Crippen molar-refractivity contribution < 1.29 is 4.79 Å². The number of rotatable bonds is 3. The van der Waals surface area contributed by atoms with E-state index in [1.54, 1.807) is 19.3 Å². The van der Waals surface area contributed by atoms with Gasteiger partial charge in [-0.05, 0) is 20.3 Å². The van der Waals surface area contributed by atoms with E-state index in [-0.39, 0.29) is 5.91 Å². The standard InChI is InChI=1S/C12H17N5O/c1-4-5-15-11-16-10(18)12(3,17-11)9-8(2)13-6-7-14-9/h6-7H,4-5H2,1-3H3,(H2,15,16,17,18). The monoisotopic (exact) mass is 247 g/mol. The Morgan fingerprint density at radius 1 is 1.39 bits per heavy atom. The summed E-state index contributed by atoms with van der Waals surface area (Å²) in [6.45, 7) is 6.34. The van der Waals surface area contributed by atoms with Gasteiger partial charge in [0.05, 0.1) is 11.4 Å². The molecule has 6 nitrogen and oxygen atoms in total. The Morgan fingerprint density at radius 2 is 2.11 bits per heavy atom. The molecule has 1 fully saturated rings. The summed E-state index contributed by atoms with van der Waals surface area (Å²) in [5.74, 6) is 0.357. The summed E-state index contributed by atoms with van der Waals surface area (Å²) in [5.41, 5.74) is 0.467. The molecule has 1 aliphatic heterocycles. The van der Waals surface area contributed by atoms with E-state index in [2.05, 4.69) is 25.6 Å². The molecular formula is C12H17N5O. The van der Waals surface area contributed by atoms with Crippen LogP contribution < -0.4 is 10.6 Å². The molecule has 0 aromatic carbocycles. The SMILES string of the molecule is CCCN=C1NC(=O)C(C)(c2nccnc2C)N1. The van der Waals surface area contributed by atoms with E-state index in [4.69, 9.17) is 0 Å². The van der Waals surface area contributed by atoms with Crippen LogP contribution >= 0.6 is 0 Å². The summed E-state index contributed by atoms with van der Waals surface area (Å²) in [7, 11) is 0. The van der Waals surface area contributed by atoms with Crippen LogP contribution in [0.2, 0.25) is 0 Å². The second-order valence-electron chi connectivity index (χ2n) is 4.42. The lowest BCUT2D eigenvalue weighted by molar-refractivity contribution is -0.123. The Hall–Kier alpha value is -1.98. The maximum atomic E-state index is 12.1. The van der Waals surface area contributed by atoms with E-state index in [0.29, 0.717) is 18.2 Å². The number of aromatic nitrogens is 2. The van der Waals surface area contributed by atoms with Crippen molar-refractivity contribution in [3.63, 3.8) is 0 Å². The highest BCUT2D eigenvalue weighted by Gasteiger charge is 2.44. The molecule has 0 aliphatic carbocycles. The average Bonchev–Trinajstić information content (AvgIpc) is 2.64. The van der Waals surface area contributed by atoms with E-state index >= 15 is 0 Å². The van der Waals surface area contributed by atoms with Gasteiger partial charge in [0.15, 0.2) is 11.5 Å². The lowest BCUT2D eigenvalue weighted by Gasteiger charge is -2.21. The number of hydrogen-bond donors (Lipinski definition) is 2. The number of guanidine groups is 1. The number of nitrogens with zero attached hydrogens (tertiary/aromatic N) is 3. The van der Waals surface area contributed by atoms with Crippen molar-refractivity contribution in [2.75, 3.05) is 6.54 Å². The summed E-state index contributed by atoms with van der Waals surface area (Å²) in [5, 5.41) is 5.83. The topological polar surface area (TPSA) is 79.3 Å². The molecular weight excluding hydrogens is 230 g/mol. The van der Waals surface area contributed by atoms with Gasteiger partial charge in [-0.25, -0.2) is 0 Å². The quantitative estimate of drug-likeness (QED) is 0.814. The first-order valence-electron chi connectivity index (χ1n) is 6.00. The van der Waals surface area contributed by atoms with Gasteiger partial charge in [0, 0.05) is 18.9 Å². The van der Waals surface area contributed by atoms with Crippen LogP contribution in [0.3, 0.4) is 0 Å². The molecule has 1 aliphatic rings. The fourth-order valence-corrected chi connectivity index (χ4v) is 1.93. The number of nitrogens with one attached hydrogen (secondary N) is 2. The molecule has 6 heteroatoms. The molecule has 0 bridgehead atoms. The van der Waals surface area contributed by atoms with Crippen LogP contribution in [0.25, 0.3) is 0 Å². The third-order valence-electron chi connectivity index (χ3n) is 2.90. The van der Waals surface area contributed by atoms with Crippen molar-refractivity contribution in [2.45, 2.75) is 32.7 Å². The predicted octanol–water partition coefficient (Wildman–Crippen LogP) is 0.486. The van der Waals surface area contributed by atoms with E-state index in [1.807, 2.05) is 13.8 Å². The molecule has 0 saturated carbocycles. The number of hydrogen-bond acceptors (Lipinski definition) is 4. The Labute approximate surface area is 106 Å².